The van der Waals surface area contributed by atoms with Gasteiger partial charge in [0, 0.05) is 11.5 Å². The van der Waals surface area contributed by atoms with Crippen LogP contribution in [0.15, 0.2) is 34.8 Å². The van der Waals surface area contributed by atoms with Gasteiger partial charge in [-0.25, -0.2) is 0 Å². The maximum absolute atomic E-state index is 13.7. The van der Waals surface area contributed by atoms with Gasteiger partial charge in [-0.05, 0) is 31.6 Å². The van der Waals surface area contributed by atoms with Crippen LogP contribution in [0, 0.1) is 11.8 Å². The molecule has 1 aromatic rings. The van der Waals surface area contributed by atoms with E-state index in [9.17, 15) is 44.7 Å². The van der Waals surface area contributed by atoms with E-state index in [-0.39, 0.29) is 16.8 Å². The molecule has 13 nitrogen and oxygen atoms in total. The number of phenolic OH excluding ortho intramolecular Hbond substituents is 1. The minimum atomic E-state index is -3.00. The van der Waals surface area contributed by atoms with Crippen LogP contribution in [0.2, 0.25) is 0 Å². The van der Waals surface area contributed by atoms with Crippen LogP contribution < -0.4 is 16.8 Å². The summed E-state index contributed by atoms with van der Waals surface area (Å²) in [5, 5.41) is 58.5. The molecule has 0 aliphatic heterocycles. The maximum atomic E-state index is 13.7. The van der Waals surface area contributed by atoms with E-state index in [2.05, 4.69) is 5.32 Å². The maximum Gasteiger partial charge on any atom is 0.255 e. The van der Waals surface area contributed by atoms with Crippen LogP contribution in [0.3, 0.4) is 0 Å². The second-order valence-corrected chi connectivity index (χ2v) is 9.73. The Balaban J connectivity index is 2.00. The molecule has 10 N–H and O–H groups in total. The molecule has 0 saturated heterocycles. The monoisotopic (exact) mass is 516 g/mol. The fourth-order valence-electron chi connectivity index (χ4n) is 5.92. The zero-order valence-electron chi connectivity index (χ0n) is 20.2. The number of fused-ring (bicyclic) bond motifs is 3. The number of nitrogens with zero attached hydrogens (tertiary/aromatic N) is 1. The number of carbonyl (C=O) groups is 4. The summed E-state index contributed by atoms with van der Waals surface area (Å²) in [5.41, 5.74) is 5.92. The molecule has 0 radical (unpaired) electrons. The van der Waals surface area contributed by atoms with E-state index < -0.39 is 93.8 Å². The lowest BCUT2D eigenvalue weighted by Crippen LogP contribution is -2.68. The number of benzene rings is 1. The zero-order chi connectivity index (χ0) is 27.7. The van der Waals surface area contributed by atoms with E-state index in [4.69, 9.17) is 11.5 Å². The normalized spacial score (nSPS) is 31.2. The number of nitrogens with one attached hydrogen (secondary N) is 1. The number of amides is 2. The SMILES string of the molecule is C[C@H]1c2ccc(NC(=O)CN)c(O)c2C(=O)C2=C(O)[C@]3(O)C(=O)C(C(N)=O)=C(O)[C@@H](N(C)C)[C@@H]3[C@@H](O)[C@@H]21. The molecule has 0 spiro atoms. The third-order valence-corrected chi connectivity index (χ3v) is 7.59. The number of aliphatic hydroxyl groups excluding tert-OH is 3. The first-order valence-electron chi connectivity index (χ1n) is 11.4. The quantitative estimate of drug-likeness (QED) is 0.170. The number of hydrogen-bond acceptors (Lipinski definition) is 11. The molecular formula is C24H28N4O9. The number of phenols is 1. The summed E-state index contributed by atoms with van der Waals surface area (Å²) >= 11 is 0. The Bertz CT molecular complexity index is 1320. The Kier molecular flexibility index (Phi) is 6.15. The van der Waals surface area contributed by atoms with Gasteiger partial charge in [0.25, 0.3) is 5.91 Å². The molecule has 37 heavy (non-hydrogen) atoms. The van der Waals surface area contributed by atoms with Gasteiger partial charge in [0.2, 0.25) is 11.7 Å². The first kappa shape index (κ1) is 26.3. The molecule has 2 amide bonds. The number of primary amides is 1. The van der Waals surface area contributed by atoms with E-state index in [1.165, 1.54) is 31.1 Å². The summed E-state index contributed by atoms with van der Waals surface area (Å²) in [6, 6.07) is 1.48. The molecule has 13 heteroatoms. The second kappa shape index (κ2) is 8.66. The lowest BCUT2D eigenvalue weighted by atomic mass is 9.55. The van der Waals surface area contributed by atoms with Gasteiger partial charge in [0.1, 0.15) is 17.1 Å². The molecule has 198 valence electrons. The highest BCUT2D eigenvalue weighted by atomic mass is 16.4. The minimum absolute atomic E-state index is 0.133. The average Bonchev–Trinajstić information content (AvgIpc) is 2.82. The van der Waals surface area contributed by atoms with Crippen LogP contribution in [0.1, 0.15) is 28.8 Å². The number of carbonyl (C=O) groups excluding carboxylic acids is 4. The van der Waals surface area contributed by atoms with Crippen LogP contribution in [-0.2, 0) is 14.4 Å². The number of ketones is 2. The van der Waals surface area contributed by atoms with Crippen LogP contribution >= 0.6 is 0 Å². The van der Waals surface area contributed by atoms with Crippen molar-refractivity contribution in [2.24, 2.45) is 23.3 Å². The van der Waals surface area contributed by atoms with Gasteiger partial charge >= 0.3 is 0 Å². The topological polar surface area (TPSA) is 237 Å². The van der Waals surface area contributed by atoms with Crippen LogP contribution in [0.25, 0.3) is 0 Å². The Morgan fingerprint density at radius 1 is 1.16 bits per heavy atom. The first-order chi connectivity index (χ1) is 17.2. The van der Waals surface area contributed by atoms with Crippen molar-refractivity contribution < 1.29 is 44.7 Å². The van der Waals surface area contributed by atoms with E-state index in [1.54, 1.807) is 6.92 Å². The van der Waals surface area contributed by atoms with Gasteiger partial charge < -0.3 is 42.3 Å². The molecule has 0 heterocycles. The van der Waals surface area contributed by atoms with E-state index >= 15 is 0 Å². The van der Waals surface area contributed by atoms with Gasteiger partial charge in [-0.2, -0.15) is 0 Å². The van der Waals surface area contributed by atoms with Gasteiger partial charge in [-0.1, -0.05) is 13.0 Å². The number of anilines is 1. The molecule has 0 fully saturated rings. The van der Waals surface area contributed by atoms with Gasteiger partial charge in [0.05, 0.1) is 35.9 Å². The zero-order valence-corrected chi connectivity index (χ0v) is 20.2. The smallest absolute Gasteiger partial charge is 0.255 e. The van der Waals surface area contributed by atoms with Gasteiger partial charge in [-0.15, -0.1) is 0 Å². The van der Waals surface area contributed by atoms with Gasteiger partial charge in [-0.3, -0.25) is 24.1 Å². The van der Waals surface area contributed by atoms with Crippen molar-refractivity contribution >= 4 is 29.1 Å². The summed E-state index contributed by atoms with van der Waals surface area (Å²) < 4.78 is 0. The van der Waals surface area contributed by atoms with Crippen molar-refractivity contribution in [3.05, 3.63) is 45.9 Å². The van der Waals surface area contributed by atoms with E-state index in [0.29, 0.717) is 0 Å². The van der Waals surface area contributed by atoms with Crippen molar-refractivity contribution in [2.45, 2.75) is 30.6 Å². The van der Waals surface area contributed by atoms with Crippen LogP contribution in [0.5, 0.6) is 5.75 Å². The molecule has 3 aliphatic carbocycles. The average molecular weight is 517 g/mol. The number of rotatable bonds is 4. The lowest BCUT2D eigenvalue weighted by Gasteiger charge is -2.53. The summed E-state index contributed by atoms with van der Waals surface area (Å²) in [5.74, 6) is -10.5. The number of hydrogen-bond donors (Lipinski definition) is 8. The predicted molar refractivity (Wildman–Crippen MR) is 127 cm³/mol. The summed E-state index contributed by atoms with van der Waals surface area (Å²) in [4.78, 5) is 52.2. The third kappa shape index (κ3) is 3.39. The molecule has 0 unspecified atom stereocenters. The van der Waals surface area contributed by atoms with Crippen molar-refractivity contribution in [2.75, 3.05) is 26.0 Å². The molecule has 0 bridgehead atoms. The Labute approximate surface area is 210 Å². The highest BCUT2D eigenvalue weighted by Crippen LogP contribution is 2.55. The van der Waals surface area contributed by atoms with Crippen molar-refractivity contribution in [3.8, 4) is 5.75 Å². The van der Waals surface area contributed by atoms with Crippen molar-refractivity contribution in [1.29, 1.82) is 0 Å². The minimum Gasteiger partial charge on any atom is -0.510 e. The lowest BCUT2D eigenvalue weighted by molar-refractivity contribution is -0.162. The number of aliphatic hydroxyl groups is 4. The third-order valence-electron chi connectivity index (χ3n) is 7.59. The summed E-state index contributed by atoms with van der Waals surface area (Å²) in [6.07, 6.45) is -1.69. The molecule has 3 aliphatic rings. The standard InChI is InChI=1S/C24H28N4O9/c1-7-8-4-5-9(27-10(29)6-25)17(30)12(8)18(31)13-11(7)19(32)15-16(28(2)3)20(33)14(23(26)36)22(35)24(15,37)21(13)34/h4-5,7,11,15-16,19,30,32-34,37H,6,25H2,1-3H3,(H2,26,36)(H,27,29)/t7-,11+,15+,16-,19-,24-/m0/s1. The molecular weight excluding hydrogens is 488 g/mol. The number of likely N-dealkylation sites (N-methyl/N-ethyl adjacent to an activating group) is 1. The fourth-order valence-corrected chi connectivity index (χ4v) is 5.92. The van der Waals surface area contributed by atoms with Crippen molar-refractivity contribution in [1.82, 2.24) is 4.90 Å². The highest BCUT2D eigenvalue weighted by Gasteiger charge is 2.67. The molecule has 4 rings (SSSR count). The van der Waals surface area contributed by atoms with E-state index in [0.717, 1.165) is 0 Å². The number of nitrogens with two attached hydrogens (primary N) is 2. The first-order valence-corrected chi connectivity index (χ1v) is 11.4. The van der Waals surface area contributed by atoms with Crippen LogP contribution in [0.4, 0.5) is 5.69 Å². The number of aromatic hydroxyl groups is 1. The van der Waals surface area contributed by atoms with Crippen molar-refractivity contribution in [3.63, 3.8) is 0 Å². The Morgan fingerprint density at radius 2 is 1.78 bits per heavy atom. The molecule has 1 aromatic carbocycles. The molecule has 0 aromatic heterocycles. The highest BCUT2D eigenvalue weighted by molar-refractivity contribution is 6.25. The summed E-state index contributed by atoms with van der Waals surface area (Å²) in [7, 11) is 2.91. The van der Waals surface area contributed by atoms with Crippen LogP contribution in [-0.4, -0.2) is 92.2 Å². The van der Waals surface area contributed by atoms with E-state index in [1.807, 2.05) is 0 Å². The Hall–Kier alpha value is -3.78. The predicted octanol–water partition coefficient (Wildman–Crippen LogP) is -1.45. The summed E-state index contributed by atoms with van der Waals surface area (Å²) in [6.45, 7) is 1.21. The molecule has 0 saturated carbocycles. The molecule has 6 atom stereocenters. The van der Waals surface area contributed by atoms with Gasteiger partial charge in [0.15, 0.2) is 17.1 Å². The number of Topliss-reactive ketones (excluding diaryl/α,β-unsaturated/α-hetero) is 2. The second-order valence-electron chi connectivity index (χ2n) is 9.73. The largest absolute Gasteiger partial charge is 0.510 e. The fraction of sp³-hybridized carbons (Fsp3) is 0.417. The Morgan fingerprint density at radius 3 is 2.32 bits per heavy atom.